The van der Waals surface area contributed by atoms with Gasteiger partial charge in [-0.3, -0.25) is 0 Å². The fourth-order valence-corrected chi connectivity index (χ4v) is 3.38. The maximum atomic E-state index is 11.3. The number of thiazole rings is 1. The monoisotopic (exact) mass is 295 g/mol. The second kappa shape index (κ2) is 5.66. The number of carboxylic acid groups (broad SMARTS) is 1. The second-order valence-corrected chi connectivity index (χ2v) is 6.01. The Hall–Kier alpha value is -1.47. The van der Waals surface area contributed by atoms with Crippen molar-refractivity contribution in [3.63, 3.8) is 0 Å². The number of hydrogen-bond acceptors (Lipinski definition) is 6. The largest absolute Gasteiger partial charge is 0.478 e. The smallest absolute Gasteiger partial charge is 0.340 e. The predicted molar refractivity (Wildman–Crippen MR) is 74.9 cm³/mol. The van der Waals surface area contributed by atoms with Gasteiger partial charge in [0.2, 0.25) is 0 Å². The number of aromatic nitrogens is 3. The maximum absolute atomic E-state index is 11.3. The van der Waals surface area contributed by atoms with Crippen molar-refractivity contribution in [2.75, 3.05) is 0 Å². The molecule has 2 aromatic rings. The van der Waals surface area contributed by atoms with Gasteiger partial charge in [0.15, 0.2) is 0 Å². The van der Waals surface area contributed by atoms with E-state index in [9.17, 15) is 9.90 Å². The van der Waals surface area contributed by atoms with Crippen molar-refractivity contribution in [1.82, 2.24) is 15.0 Å². The molecule has 0 aliphatic carbocycles. The first-order chi connectivity index (χ1) is 8.97. The third-order valence-corrected chi connectivity index (χ3v) is 4.24. The minimum atomic E-state index is -0.991. The Morgan fingerprint density at radius 1 is 1.32 bits per heavy atom. The van der Waals surface area contributed by atoms with E-state index in [0.29, 0.717) is 22.3 Å². The highest BCUT2D eigenvalue weighted by Gasteiger charge is 2.17. The SMILES string of the molecule is Cc1nc(C)c(C(=O)O)c(SCc2csc(C)n2)n1. The molecule has 5 nitrogen and oxygen atoms in total. The summed E-state index contributed by atoms with van der Waals surface area (Å²) in [6.07, 6.45) is 0. The predicted octanol–water partition coefficient (Wildman–Crippen LogP) is 2.85. The van der Waals surface area contributed by atoms with Crippen LogP contribution in [0.25, 0.3) is 0 Å². The molecule has 1 N–H and O–H groups in total. The number of rotatable bonds is 4. The second-order valence-electron chi connectivity index (χ2n) is 3.99. The zero-order valence-electron chi connectivity index (χ0n) is 10.8. The molecule has 0 aromatic carbocycles. The molecule has 0 fully saturated rings. The quantitative estimate of drug-likeness (QED) is 0.690. The Labute approximate surface area is 119 Å². The van der Waals surface area contributed by atoms with Crippen molar-refractivity contribution in [2.45, 2.75) is 31.6 Å². The highest BCUT2D eigenvalue weighted by Crippen LogP contribution is 2.26. The molecule has 0 unspecified atom stereocenters. The number of thioether (sulfide) groups is 1. The third-order valence-electron chi connectivity index (χ3n) is 2.41. The summed E-state index contributed by atoms with van der Waals surface area (Å²) in [6.45, 7) is 5.39. The van der Waals surface area contributed by atoms with E-state index in [1.807, 2.05) is 12.3 Å². The molecular formula is C12H13N3O2S2. The minimum Gasteiger partial charge on any atom is -0.478 e. The van der Waals surface area contributed by atoms with Crippen molar-refractivity contribution in [2.24, 2.45) is 0 Å². The summed E-state index contributed by atoms with van der Waals surface area (Å²) in [5.41, 5.74) is 1.62. The highest BCUT2D eigenvalue weighted by atomic mass is 32.2. The van der Waals surface area contributed by atoms with Crippen LogP contribution in [0.5, 0.6) is 0 Å². The van der Waals surface area contributed by atoms with Crippen LogP contribution in [-0.2, 0) is 5.75 Å². The Morgan fingerprint density at radius 3 is 2.63 bits per heavy atom. The average Bonchev–Trinajstić information content (AvgIpc) is 2.71. The Bertz CT molecular complexity index is 625. The molecular weight excluding hydrogens is 282 g/mol. The number of carboxylic acids is 1. The lowest BCUT2D eigenvalue weighted by atomic mass is 10.2. The van der Waals surface area contributed by atoms with Crippen molar-refractivity contribution in [3.05, 3.63) is 33.2 Å². The Balaban J connectivity index is 2.26. The fraction of sp³-hybridized carbons (Fsp3) is 0.333. The lowest BCUT2D eigenvalue weighted by molar-refractivity contribution is 0.0690. The summed E-state index contributed by atoms with van der Waals surface area (Å²) < 4.78 is 0. The molecule has 0 aliphatic heterocycles. The molecule has 2 rings (SSSR count). The standard InChI is InChI=1S/C12H13N3O2S2/c1-6-10(12(16)17)11(14-7(2)13-6)19-5-9-4-18-8(3)15-9/h4H,5H2,1-3H3,(H,16,17). The summed E-state index contributed by atoms with van der Waals surface area (Å²) in [4.78, 5) is 23.9. The topological polar surface area (TPSA) is 76.0 Å². The zero-order chi connectivity index (χ0) is 14.0. The molecule has 0 bridgehead atoms. The molecule has 0 amide bonds. The van der Waals surface area contributed by atoms with Crippen LogP contribution >= 0.6 is 23.1 Å². The van der Waals surface area contributed by atoms with E-state index in [4.69, 9.17) is 0 Å². The van der Waals surface area contributed by atoms with Crippen LogP contribution in [0, 0.1) is 20.8 Å². The van der Waals surface area contributed by atoms with E-state index in [-0.39, 0.29) is 5.56 Å². The van der Waals surface area contributed by atoms with Crippen LogP contribution in [0.1, 0.15) is 32.6 Å². The maximum Gasteiger partial charge on any atom is 0.340 e. The molecule has 0 spiro atoms. The molecule has 2 aromatic heterocycles. The van der Waals surface area contributed by atoms with Crippen LogP contribution in [-0.4, -0.2) is 26.0 Å². The molecule has 19 heavy (non-hydrogen) atoms. The molecule has 0 radical (unpaired) electrons. The molecule has 7 heteroatoms. The van der Waals surface area contributed by atoms with Gasteiger partial charge in [-0.05, 0) is 20.8 Å². The summed E-state index contributed by atoms with van der Waals surface area (Å²) in [7, 11) is 0. The normalized spacial score (nSPS) is 10.7. The lowest BCUT2D eigenvalue weighted by Gasteiger charge is -2.07. The van der Waals surface area contributed by atoms with E-state index in [1.54, 1.807) is 25.2 Å². The fourth-order valence-electron chi connectivity index (χ4n) is 1.65. The van der Waals surface area contributed by atoms with E-state index >= 15 is 0 Å². The van der Waals surface area contributed by atoms with Gasteiger partial charge in [0.25, 0.3) is 0 Å². The van der Waals surface area contributed by atoms with Crippen molar-refractivity contribution in [3.8, 4) is 0 Å². The van der Waals surface area contributed by atoms with E-state index in [2.05, 4.69) is 15.0 Å². The van der Waals surface area contributed by atoms with E-state index < -0.39 is 5.97 Å². The Kier molecular flexibility index (Phi) is 4.16. The van der Waals surface area contributed by atoms with Gasteiger partial charge in [-0.2, -0.15) is 0 Å². The molecule has 0 saturated heterocycles. The number of nitrogens with zero attached hydrogens (tertiary/aromatic N) is 3. The van der Waals surface area contributed by atoms with Crippen LogP contribution in [0.2, 0.25) is 0 Å². The summed E-state index contributed by atoms with van der Waals surface area (Å²) in [5, 5.41) is 12.7. The van der Waals surface area contributed by atoms with Crippen molar-refractivity contribution < 1.29 is 9.90 Å². The van der Waals surface area contributed by atoms with Gasteiger partial charge in [0.05, 0.1) is 16.4 Å². The molecule has 100 valence electrons. The summed E-state index contributed by atoms with van der Waals surface area (Å²) in [5.74, 6) is 0.203. The van der Waals surface area contributed by atoms with Gasteiger partial charge in [0.1, 0.15) is 16.4 Å². The van der Waals surface area contributed by atoms with Crippen LogP contribution < -0.4 is 0 Å². The number of hydrogen-bond donors (Lipinski definition) is 1. The molecule has 2 heterocycles. The van der Waals surface area contributed by atoms with E-state index in [0.717, 1.165) is 10.7 Å². The zero-order valence-corrected chi connectivity index (χ0v) is 12.4. The highest BCUT2D eigenvalue weighted by molar-refractivity contribution is 7.98. The first kappa shape index (κ1) is 14.0. The van der Waals surface area contributed by atoms with Gasteiger partial charge >= 0.3 is 5.97 Å². The van der Waals surface area contributed by atoms with Gasteiger partial charge in [-0.1, -0.05) is 11.8 Å². The number of carbonyl (C=O) groups is 1. The third kappa shape index (κ3) is 3.30. The lowest BCUT2D eigenvalue weighted by Crippen LogP contribution is -2.08. The van der Waals surface area contributed by atoms with Crippen LogP contribution in [0.3, 0.4) is 0 Å². The Morgan fingerprint density at radius 2 is 2.05 bits per heavy atom. The van der Waals surface area contributed by atoms with Gasteiger partial charge in [0, 0.05) is 11.1 Å². The van der Waals surface area contributed by atoms with Crippen LogP contribution in [0.15, 0.2) is 10.4 Å². The van der Waals surface area contributed by atoms with Crippen LogP contribution in [0.4, 0.5) is 0 Å². The molecule has 0 atom stereocenters. The number of aryl methyl sites for hydroxylation is 3. The van der Waals surface area contributed by atoms with E-state index in [1.165, 1.54) is 11.8 Å². The van der Waals surface area contributed by atoms with Gasteiger partial charge in [-0.25, -0.2) is 19.7 Å². The first-order valence-corrected chi connectivity index (χ1v) is 7.46. The van der Waals surface area contributed by atoms with Gasteiger partial charge in [-0.15, -0.1) is 11.3 Å². The summed E-state index contributed by atoms with van der Waals surface area (Å²) >= 11 is 2.97. The summed E-state index contributed by atoms with van der Waals surface area (Å²) in [6, 6.07) is 0. The number of aromatic carboxylic acids is 1. The minimum absolute atomic E-state index is 0.183. The van der Waals surface area contributed by atoms with Gasteiger partial charge < -0.3 is 5.11 Å². The average molecular weight is 295 g/mol. The van der Waals surface area contributed by atoms with Crippen molar-refractivity contribution in [1.29, 1.82) is 0 Å². The molecule has 0 saturated carbocycles. The van der Waals surface area contributed by atoms with Crippen molar-refractivity contribution >= 4 is 29.1 Å². The molecule has 0 aliphatic rings. The first-order valence-electron chi connectivity index (χ1n) is 5.59.